The van der Waals surface area contributed by atoms with Crippen LogP contribution in [0.3, 0.4) is 0 Å². The van der Waals surface area contributed by atoms with Gasteiger partial charge in [0.15, 0.2) is 0 Å². The molecule has 0 aromatic carbocycles. The average molecular weight is 365 g/mol. The van der Waals surface area contributed by atoms with E-state index in [4.69, 9.17) is 19.2 Å². The first-order chi connectivity index (χ1) is 11.2. The second kappa shape index (κ2) is 6.42. The lowest BCUT2D eigenvalue weighted by atomic mass is 9.43. The van der Waals surface area contributed by atoms with Crippen LogP contribution in [0.2, 0.25) is 0 Å². The molecule has 25 heavy (non-hydrogen) atoms. The van der Waals surface area contributed by atoms with Gasteiger partial charge in [0.05, 0.1) is 11.7 Å². The van der Waals surface area contributed by atoms with Crippen LogP contribution in [0.25, 0.3) is 0 Å². The number of carbonyl (C=O) groups is 1. The maximum absolute atomic E-state index is 10.5. The predicted octanol–water partition coefficient (Wildman–Crippen LogP) is 0.819. The SMILES string of the molecule is CC(C)C([NH3+])B1OC2C[C@@H]3C[C@@H](C3(C)C)[C@]2(C)O1.O=C([O-])C(F)(F)F. The van der Waals surface area contributed by atoms with Gasteiger partial charge in [-0.3, -0.25) is 0 Å². The Morgan fingerprint density at radius 2 is 1.80 bits per heavy atom. The van der Waals surface area contributed by atoms with Gasteiger partial charge in [-0.2, -0.15) is 13.2 Å². The van der Waals surface area contributed by atoms with E-state index in [0.29, 0.717) is 23.4 Å². The Morgan fingerprint density at radius 1 is 1.28 bits per heavy atom. The van der Waals surface area contributed by atoms with Crippen LogP contribution in [0.1, 0.15) is 47.5 Å². The van der Waals surface area contributed by atoms with Crippen molar-refractivity contribution >= 4 is 13.1 Å². The van der Waals surface area contributed by atoms with Gasteiger partial charge >= 0.3 is 13.3 Å². The fourth-order valence-corrected chi connectivity index (χ4v) is 4.40. The summed E-state index contributed by atoms with van der Waals surface area (Å²) in [5, 5.41) is 8.78. The third-order valence-corrected chi connectivity index (χ3v) is 6.41. The van der Waals surface area contributed by atoms with Crippen molar-refractivity contribution in [2.45, 2.75) is 71.3 Å². The lowest BCUT2D eigenvalue weighted by Gasteiger charge is -2.64. The highest BCUT2D eigenvalue weighted by atomic mass is 19.4. The van der Waals surface area contributed by atoms with E-state index in [2.05, 4.69) is 40.4 Å². The molecule has 3 N–H and O–H groups in total. The number of carboxylic acid groups (broad SMARTS) is 1. The van der Waals surface area contributed by atoms with E-state index in [1.165, 1.54) is 12.8 Å². The Balaban J connectivity index is 0.000000277. The van der Waals surface area contributed by atoms with Crippen LogP contribution >= 0.6 is 0 Å². The Labute approximate surface area is 146 Å². The molecule has 144 valence electrons. The maximum atomic E-state index is 10.5. The summed E-state index contributed by atoms with van der Waals surface area (Å²) in [6, 6.07) is 0. The Hall–Kier alpha value is -0.795. The molecule has 3 saturated carbocycles. The summed E-state index contributed by atoms with van der Waals surface area (Å²) in [5.41, 5.74) is 4.59. The van der Waals surface area contributed by atoms with Gasteiger partial charge in [0.25, 0.3) is 0 Å². The van der Waals surface area contributed by atoms with Gasteiger partial charge in [0, 0.05) is 5.92 Å². The van der Waals surface area contributed by atoms with Crippen molar-refractivity contribution in [2.24, 2.45) is 23.2 Å². The van der Waals surface area contributed by atoms with Gasteiger partial charge in [0.1, 0.15) is 11.9 Å². The van der Waals surface area contributed by atoms with Crippen molar-refractivity contribution in [1.82, 2.24) is 0 Å². The van der Waals surface area contributed by atoms with E-state index in [0.717, 1.165) is 5.92 Å². The van der Waals surface area contributed by atoms with Crippen LogP contribution in [0.4, 0.5) is 13.2 Å². The molecule has 4 fully saturated rings. The zero-order valence-electron chi connectivity index (χ0n) is 15.4. The summed E-state index contributed by atoms with van der Waals surface area (Å²) in [6.45, 7) is 11.5. The monoisotopic (exact) mass is 365 g/mol. The first kappa shape index (κ1) is 20.5. The van der Waals surface area contributed by atoms with Gasteiger partial charge in [0.2, 0.25) is 0 Å². The highest BCUT2D eigenvalue weighted by Crippen LogP contribution is 2.65. The smallest absolute Gasteiger partial charge is 0.521 e. The molecule has 4 aliphatic rings. The average Bonchev–Trinajstić information content (AvgIpc) is 2.82. The standard InChI is InChI=1S/C14H26BNO2.C2HF3O2/c1-8(2)12(16)15-17-11-7-9-6-10(13(9,3)4)14(11,5)18-15;3-2(4,5)1(6)7/h8-12H,6-7,16H2,1-5H3;(H,6,7)/t9-,10-,11?,12?,14-;/m0./s1. The van der Waals surface area contributed by atoms with E-state index in [9.17, 15) is 13.2 Å². The highest BCUT2D eigenvalue weighted by Gasteiger charge is 2.68. The first-order valence-corrected chi connectivity index (χ1v) is 8.65. The van der Waals surface area contributed by atoms with Crippen molar-refractivity contribution in [3.05, 3.63) is 0 Å². The van der Waals surface area contributed by atoms with Gasteiger partial charge in [-0.25, -0.2) is 0 Å². The summed E-state index contributed by atoms with van der Waals surface area (Å²) < 4.78 is 44.1. The molecule has 2 bridgehead atoms. The number of carbonyl (C=O) groups excluding carboxylic acids is 1. The molecule has 1 saturated heterocycles. The molecule has 4 rings (SSSR count). The molecule has 9 heteroatoms. The minimum atomic E-state index is -5.19. The molecule has 2 unspecified atom stereocenters. The zero-order chi connectivity index (χ0) is 19.4. The van der Waals surface area contributed by atoms with Crippen LogP contribution in [-0.4, -0.2) is 36.9 Å². The second-order valence-corrected chi connectivity index (χ2v) is 8.53. The van der Waals surface area contributed by atoms with Crippen LogP contribution in [0.5, 0.6) is 0 Å². The minimum Gasteiger partial charge on any atom is -0.542 e. The van der Waals surface area contributed by atoms with E-state index in [1.54, 1.807) is 0 Å². The van der Waals surface area contributed by atoms with Crippen molar-refractivity contribution < 1.29 is 38.1 Å². The number of alkyl halides is 3. The minimum absolute atomic E-state index is 0.0756. The molecule has 1 aliphatic heterocycles. The van der Waals surface area contributed by atoms with Crippen LogP contribution in [-0.2, 0) is 14.1 Å². The third kappa shape index (κ3) is 3.55. The van der Waals surface area contributed by atoms with Gasteiger partial charge < -0.3 is 24.9 Å². The van der Waals surface area contributed by atoms with Crippen molar-refractivity contribution in [3.8, 4) is 0 Å². The largest absolute Gasteiger partial charge is 0.542 e. The van der Waals surface area contributed by atoms with Crippen molar-refractivity contribution in [1.29, 1.82) is 0 Å². The molecule has 5 nitrogen and oxygen atoms in total. The Morgan fingerprint density at radius 3 is 2.20 bits per heavy atom. The number of halogens is 3. The molecular formula is C16H27BF3NO4. The number of carboxylic acids is 1. The normalized spacial score (nSPS) is 36.9. The number of aliphatic carboxylic acids is 1. The lowest BCUT2D eigenvalue weighted by Crippen LogP contribution is -2.71. The fraction of sp³-hybridized carbons (Fsp3) is 0.938. The summed E-state index contributed by atoms with van der Waals surface area (Å²) >= 11 is 0. The summed E-state index contributed by atoms with van der Waals surface area (Å²) in [5.74, 6) is -0.801. The van der Waals surface area contributed by atoms with Gasteiger partial charge in [-0.05, 0) is 37.0 Å². The maximum Gasteiger partial charge on any atom is 0.521 e. The van der Waals surface area contributed by atoms with Crippen molar-refractivity contribution in [3.63, 3.8) is 0 Å². The number of rotatable bonds is 2. The predicted molar refractivity (Wildman–Crippen MR) is 82.7 cm³/mol. The van der Waals surface area contributed by atoms with E-state index >= 15 is 0 Å². The Bertz CT molecular complexity index is 528. The number of hydrogen-bond donors (Lipinski definition) is 1. The third-order valence-electron chi connectivity index (χ3n) is 6.41. The topological polar surface area (TPSA) is 86.2 Å². The zero-order valence-corrected chi connectivity index (χ0v) is 15.4. The molecule has 5 atom stereocenters. The van der Waals surface area contributed by atoms with Crippen LogP contribution < -0.4 is 10.8 Å². The van der Waals surface area contributed by atoms with E-state index in [-0.39, 0.29) is 18.7 Å². The van der Waals surface area contributed by atoms with E-state index in [1.807, 2.05) is 0 Å². The van der Waals surface area contributed by atoms with Crippen LogP contribution in [0, 0.1) is 23.2 Å². The molecule has 0 spiro atoms. The first-order valence-electron chi connectivity index (χ1n) is 8.65. The molecule has 1 heterocycles. The van der Waals surface area contributed by atoms with Gasteiger partial charge in [-0.1, -0.05) is 27.7 Å². The molecule has 0 aromatic heterocycles. The summed E-state index contributed by atoms with van der Waals surface area (Å²) in [4.78, 5) is 8.78. The van der Waals surface area contributed by atoms with Crippen molar-refractivity contribution in [2.75, 3.05) is 0 Å². The van der Waals surface area contributed by atoms with Crippen LogP contribution in [0.15, 0.2) is 0 Å². The molecular weight excluding hydrogens is 338 g/mol. The molecule has 0 aromatic rings. The number of quaternary nitrogens is 1. The summed E-state index contributed by atoms with van der Waals surface area (Å²) in [7, 11) is -0.102. The molecule has 0 radical (unpaired) electrons. The van der Waals surface area contributed by atoms with E-state index < -0.39 is 12.1 Å². The fourth-order valence-electron chi connectivity index (χ4n) is 4.40. The highest BCUT2D eigenvalue weighted by molar-refractivity contribution is 6.46. The van der Waals surface area contributed by atoms with Gasteiger partial charge in [-0.15, -0.1) is 0 Å². The Kier molecular flexibility index (Phi) is 5.27. The number of hydrogen-bond acceptors (Lipinski definition) is 4. The lowest BCUT2D eigenvalue weighted by molar-refractivity contribution is -0.408. The molecule has 3 aliphatic carbocycles. The summed E-state index contributed by atoms with van der Waals surface area (Å²) in [6.07, 6.45) is -2.41. The quantitative estimate of drug-likeness (QED) is 0.735. The molecule has 0 amide bonds. The second-order valence-electron chi connectivity index (χ2n) is 8.53.